The van der Waals surface area contributed by atoms with E-state index in [1.807, 2.05) is 42.5 Å². The molecular formula is C22H26N2O2. The number of ether oxygens (including phenoxy) is 1. The zero-order chi connectivity index (χ0) is 18.6. The van der Waals surface area contributed by atoms with Gasteiger partial charge in [-0.2, -0.15) is 5.26 Å². The molecule has 0 saturated carbocycles. The van der Waals surface area contributed by atoms with Crippen LogP contribution in [0.25, 0.3) is 11.1 Å². The van der Waals surface area contributed by atoms with Crippen LogP contribution in [0.15, 0.2) is 48.5 Å². The average molecular weight is 350 g/mol. The molecule has 0 bridgehead atoms. The number of carbonyl (C=O) groups is 1. The van der Waals surface area contributed by atoms with Crippen molar-refractivity contribution in [1.82, 2.24) is 5.32 Å². The first-order valence-electron chi connectivity index (χ1n) is 9.23. The molecule has 0 spiro atoms. The van der Waals surface area contributed by atoms with Gasteiger partial charge in [0, 0.05) is 17.7 Å². The zero-order valence-electron chi connectivity index (χ0n) is 15.3. The van der Waals surface area contributed by atoms with Gasteiger partial charge in [-0.15, -0.1) is 0 Å². The maximum Gasteiger partial charge on any atom is 0.251 e. The first kappa shape index (κ1) is 19.5. The Balaban J connectivity index is 2.16. The molecule has 0 aliphatic carbocycles. The Morgan fingerprint density at radius 1 is 1.12 bits per heavy atom. The Hall–Kier alpha value is -2.80. The second kappa shape index (κ2) is 10.9. The molecule has 1 amide bonds. The molecule has 26 heavy (non-hydrogen) atoms. The van der Waals surface area contributed by atoms with E-state index in [-0.39, 0.29) is 5.91 Å². The second-order valence-corrected chi connectivity index (χ2v) is 6.15. The number of nitrogens with zero attached hydrogens (tertiary/aromatic N) is 1. The number of amides is 1. The molecule has 0 saturated heterocycles. The summed E-state index contributed by atoms with van der Waals surface area (Å²) in [5.74, 6) is 0.538. The molecule has 0 aromatic heterocycles. The van der Waals surface area contributed by atoms with Crippen molar-refractivity contribution in [3.8, 4) is 22.9 Å². The molecule has 2 aromatic carbocycles. The van der Waals surface area contributed by atoms with Gasteiger partial charge < -0.3 is 10.1 Å². The van der Waals surface area contributed by atoms with E-state index in [0.717, 1.165) is 29.7 Å². The number of carbonyl (C=O) groups excluding carboxylic acids is 1. The van der Waals surface area contributed by atoms with Crippen LogP contribution in [0.2, 0.25) is 0 Å². The number of hydrogen-bond donors (Lipinski definition) is 1. The van der Waals surface area contributed by atoms with Crippen molar-refractivity contribution >= 4 is 5.91 Å². The molecule has 0 aliphatic rings. The molecular weight excluding hydrogens is 324 g/mol. The van der Waals surface area contributed by atoms with Gasteiger partial charge in [0.2, 0.25) is 0 Å². The molecule has 1 N–H and O–H groups in total. The fourth-order valence-corrected chi connectivity index (χ4v) is 2.68. The van der Waals surface area contributed by atoms with Crippen molar-refractivity contribution < 1.29 is 9.53 Å². The van der Waals surface area contributed by atoms with Crippen LogP contribution in [-0.2, 0) is 0 Å². The van der Waals surface area contributed by atoms with Crippen LogP contribution < -0.4 is 10.1 Å². The van der Waals surface area contributed by atoms with E-state index in [0.29, 0.717) is 25.1 Å². The number of nitrogens with one attached hydrogen (secondary N) is 1. The minimum absolute atomic E-state index is 0.185. The minimum Gasteiger partial charge on any atom is -0.493 e. The van der Waals surface area contributed by atoms with E-state index in [1.165, 1.54) is 12.8 Å². The predicted molar refractivity (Wildman–Crippen MR) is 104 cm³/mol. The highest BCUT2D eigenvalue weighted by Gasteiger charge is 2.12. The fraction of sp³-hybridized carbons (Fsp3) is 0.364. The standard InChI is InChI=1S/C22H26N2O2/c1-2-3-4-8-16-26-21-17-19(22(25)24-15-9-14-23)12-13-20(21)18-10-6-5-7-11-18/h5-7,10-13,17H,2-4,8-9,15-16H2,1H3,(H,24,25). The Morgan fingerprint density at radius 3 is 2.65 bits per heavy atom. The number of nitriles is 1. The summed E-state index contributed by atoms with van der Waals surface area (Å²) in [7, 11) is 0. The summed E-state index contributed by atoms with van der Waals surface area (Å²) in [5, 5.41) is 11.3. The van der Waals surface area contributed by atoms with Crippen molar-refractivity contribution in [2.45, 2.75) is 39.0 Å². The van der Waals surface area contributed by atoms with Gasteiger partial charge in [0.15, 0.2) is 0 Å². The molecule has 0 radical (unpaired) electrons. The number of rotatable bonds is 10. The summed E-state index contributed by atoms with van der Waals surface area (Å²) in [6.45, 7) is 3.17. The molecule has 4 nitrogen and oxygen atoms in total. The Morgan fingerprint density at radius 2 is 1.92 bits per heavy atom. The average Bonchev–Trinajstić information content (AvgIpc) is 2.68. The van der Waals surface area contributed by atoms with E-state index in [4.69, 9.17) is 10.00 Å². The summed E-state index contributed by atoms with van der Waals surface area (Å²) < 4.78 is 6.02. The third-order valence-corrected chi connectivity index (χ3v) is 4.11. The largest absolute Gasteiger partial charge is 0.493 e. The third kappa shape index (κ3) is 5.93. The van der Waals surface area contributed by atoms with Crippen molar-refractivity contribution in [2.24, 2.45) is 0 Å². The Bertz CT molecular complexity index is 736. The molecule has 0 aliphatic heterocycles. The van der Waals surface area contributed by atoms with E-state index in [9.17, 15) is 4.79 Å². The molecule has 136 valence electrons. The van der Waals surface area contributed by atoms with E-state index in [1.54, 1.807) is 12.1 Å². The monoisotopic (exact) mass is 350 g/mol. The topological polar surface area (TPSA) is 62.1 Å². The van der Waals surface area contributed by atoms with E-state index in [2.05, 4.69) is 12.2 Å². The van der Waals surface area contributed by atoms with Gasteiger partial charge in [0.1, 0.15) is 5.75 Å². The predicted octanol–water partition coefficient (Wildman–Crippen LogP) is 4.96. The molecule has 0 fully saturated rings. The van der Waals surface area contributed by atoms with Crippen LogP contribution in [-0.4, -0.2) is 19.1 Å². The molecule has 0 unspecified atom stereocenters. The van der Waals surface area contributed by atoms with Gasteiger partial charge >= 0.3 is 0 Å². The van der Waals surface area contributed by atoms with Gasteiger partial charge in [0.25, 0.3) is 5.91 Å². The van der Waals surface area contributed by atoms with Crippen molar-refractivity contribution in [3.05, 3.63) is 54.1 Å². The van der Waals surface area contributed by atoms with Crippen LogP contribution in [0.4, 0.5) is 0 Å². The Labute approximate surface area is 155 Å². The van der Waals surface area contributed by atoms with Crippen LogP contribution in [0.5, 0.6) is 5.75 Å². The molecule has 0 atom stereocenters. The van der Waals surface area contributed by atoms with Crippen molar-refractivity contribution in [2.75, 3.05) is 13.2 Å². The Kier molecular flexibility index (Phi) is 8.21. The maximum absolute atomic E-state index is 12.3. The van der Waals surface area contributed by atoms with Gasteiger partial charge in [-0.05, 0) is 30.2 Å². The van der Waals surface area contributed by atoms with Gasteiger partial charge in [-0.25, -0.2) is 0 Å². The van der Waals surface area contributed by atoms with E-state index < -0.39 is 0 Å². The number of unbranched alkanes of at least 4 members (excludes halogenated alkanes) is 3. The lowest BCUT2D eigenvalue weighted by atomic mass is 10.0. The van der Waals surface area contributed by atoms with Gasteiger partial charge in [-0.1, -0.05) is 56.5 Å². The highest BCUT2D eigenvalue weighted by atomic mass is 16.5. The van der Waals surface area contributed by atoms with Crippen LogP contribution in [0.3, 0.4) is 0 Å². The summed E-state index contributed by atoms with van der Waals surface area (Å²) in [5.41, 5.74) is 2.59. The number of hydrogen-bond acceptors (Lipinski definition) is 3. The molecule has 4 heteroatoms. The number of benzene rings is 2. The first-order chi connectivity index (χ1) is 12.8. The summed E-state index contributed by atoms with van der Waals surface area (Å²) in [4.78, 5) is 12.3. The maximum atomic E-state index is 12.3. The molecule has 0 heterocycles. The SMILES string of the molecule is CCCCCCOc1cc(C(=O)NCCC#N)ccc1-c1ccccc1. The molecule has 2 rings (SSSR count). The van der Waals surface area contributed by atoms with Crippen molar-refractivity contribution in [3.63, 3.8) is 0 Å². The quantitative estimate of drug-likeness (QED) is 0.616. The summed E-state index contributed by atoms with van der Waals surface area (Å²) >= 11 is 0. The van der Waals surface area contributed by atoms with Crippen LogP contribution in [0.1, 0.15) is 49.4 Å². The molecule has 2 aromatic rings. The second-order valence-electron chi connectivity index (χ2n) is 6.15. The zero-order valence-corrected chi connectivity index (χ0v) is 15.3. The smallest absolute Gasteiger partial charge is 0.251 e. The summed E-state index contributed by atoms with van der Waals surface area (Å²) in [6, 6.07) is 17.6. The fourth-order valence-electron chi connectivity index (χ4n) is 2.68. The highest BCUT2D eigenvalue weighted by molar-refractivity contribution is 5.95. The van der Waals surface area contributed by atoms with Crippen LogP contribution >= 0.6 is 0 Å². The lowest BCUT2D eigenvalue weighted by Gasteiger charge is -2.14. The summed E-state index contributed by atoms with van der Waals surface area (Å²) in [6.07, 6.45) is 4.84. The van der Waals surface area contributed by atoms with E-state index >= 15 is 0 Å². The lowest BCUT2D eigenvalue weighted by molar-refractivity contribution is 0.0954. The normalized spacial score (nSPS) is 10.2. The lowest BCUT2D eigenvalue weighted by Crippen LogP contribution is -2.24. The van der Waals surface area contributed by atoms with Crippen molar-refractivity contribution in [1.29, 1.82) is 5.26 Å². The third-order valence-electron chi connectivity index (χ3n) is 4.11. The van der Waals surface area contributed by atoms with Gasteiger partial charge in [-0.3, -0.25) is 4.79 Å². The minimum atomic E-state index is -0.185. The first-order valence-corrected chi connectivity index (χ1v) is 9.23. The van der Waals surface area contributed by atoms with Crippen LogP contribution in [0, 0.1) is 11.3 Å². The van der Waals surface area contributed by atoms with Gasteiger partial charge in [0.05, 0.1) is 19.1 Å². The highest BCUT2D eigenvalue weighted by Crippen LogP contribution is 2.31.